The van der Waals surface area contributed by atoms with Gasteiger partial charge < -0.3 is 9.47 Å². The van der Waals surface area contributed by atoms with Gasteiger partial charge in [0.2, 0.25) is 0 Å². The van der Waals surface area contributed by atoms with Crippen LogP contribution in [0.1, 0.15) is 31.0 Å². The van der Waals surface area contributed by atoms with E-state index in [2.05, 4.69) is 4.98 Å². The van der Waals surface area contributed by atoms with Crippen molar-refractivity contribution in [1.82, 2.24) is 9.55 Å². The molecule has 1 heterocycles. The molecule has 0 aliphatic carbocycles. The first-order chi connectivity index (χ1) is 12.0. The van der Waals surface area contributed by atoms with Crippen LogP contribution in [0.25, 0.3) is 11.0 Å². The normalized spacial score (nSPS) is 12.2. The molecule has 1 aromatic heterocycles. The maximum Gasteiger partial charge on any atom is 0.320 e. The topological polar surface area (TPSA) is 60.1 Å². The van der Waals surface area contributed by atoms with Crippen molar-refractivity contribution >= 4 is 11.0 Å². The Balaban J connectivity index is 1.99. The molecule has 0 unspecified atom stereocenters. The second kappa shape index (κ2) is 6.77. The molecule has 0 spiro atoms. The maximum atomic E-state index is 13.5. The third kappa shape index (κ3) is 3.11. The summed E-state index contributed by atoms with van der Waals surface area (Å²) in [5.74, 6) is 0.815. The molecule has 0 N–H and O–H groups in total. The summed E-state index contributed by atoms with van der Waals surface area (Å²) in [4.78, 5) is 4.28. The van der Waals surface area contributed by atoms with Gasteiger partial charge in [0.25, 0.3) is 0 Å². The van der Waals surface area contributed by atoms with Crippen molar-refractivity contribution < 1.29 is 18.3 Å². The number of ether oxygens (including phenoxy) is 2. The maximum absolute atomic E-state index is 13.5. The fraction of sp³-hybridized carbons (Fsp3) is 0.222. The lowest BCUT2D eigenvalue weighted by molar-refractivity contribution is 0.0629. The molecular formula is C18H15F2N3O2. The van der Waals surface area contributed by atoms with Crippen LogP contribution in [-0.2, 0) is 0 Å². The first kappa shape index (κ1) is 16.7. The lowest BCUT2D eigenvalue weighted by Crippen LogP contribution is -2.13. The summed E-state index contributed by atoms with van der Waals surface area (Å²) >= 11 is 0. The average Bonchev–Trinajstić information content (AvgIpc) is 3.02. The second-order valence-electron chi connectivity index (χ2n) is 5.34. The minimum Gasteiger partial charge on any atom is -0.493 e. The lowest BCUT2D eigenvalue weighted by Gasteiger charge is -2.18. The molecule has 128 valence electrons. The van der Waals surface area contributed by atoms with E-state index in [0.717, 1.165) is 4.57 Å². The number of halogens is 2. The van der Waals surface area contributed by atoms with E-state index in [1.54, 1.807) is 43.3 Å². The summed E-state index contributed by atoms with van der Waals surface area (Å²) in [5.41, 5.74) is 1.23. The van der Waals surface area contributed by atoms with E-state index in [1.165, 1.54) is 13.2 Å². The summed E-state index contributed by atoms with van der Waals surface area (Å²) in [6.45, 7) is -1.10. The van der Waals surface area contributed by atoms with Gasteiger partial charge in [-0.25, -0.2) is 4.98 Å². The second-order valence-corrected chi connectivity index (χ2v) is 5.34. The van der Waals surface area contributed by atoms with Crippen molar-refractivity contribution in [3.63, 3.8) is 0 Å². The third-order valence-electron chi connectivity index (χ3n) is 3.78. The molecule has 5 nitrogen and oxygen atoms in total. The highest BCUT2D eigenvalue weighted by Crippen LogP contribution is 2.34. The molecule has 3 rings (SSSR count). The van der Waals surface area contributed by atoms with Crippen LogP contribution in [-0.4, -0.2) is 16.7 Å². The highest BCUT2D eigenvalue weighted by Gasteiger charge is 2.23. The summed E-state index contributed by atoms with van der Waals surface area (Å²) < 4.78 is 38.9. The van der Waals surface area contributed by atoms with Gasteiger partial charge in [0.1, 0.15) is 0 Å². The Kier molecular flexibility index (Phi) is 4.52. The SMILES string of the molecule is COc1cc(C#N)ccc1O[C@H](C)c1nc2ccccc2n1C(F)F. The molecule has 0 saturated heterocycles. The van der Waals surface area contributed by atoms with Crippen LogP contribution in [0, 0.1) is 11.3 Å². The molecule has 0 fully saturated rings. The molecule has 0 radical (unpaired) electrons. The van der Waals surface area contributed by atoms with Crippen LogP contribution in [0.15, 0.2) is 42.5 Å². The number of hydrogen-bond donors (Lipinski definition) is 0. The van der Waals surface area contributed by atoms with Gasteiger partial charge in [-0.2, -0.15) is 14.0 Å². The standard InChI is InChI=1S/C18H15F2N3O2/c1-11(25-15-8-7-12(10-21)9-16(15)24-2)17-22-13-5-3-4-6-14(13)23(17)18(19)20/h3-9,11,18H,1-2H3/t11-/m1/s1. The highest BCUT2D eigenvalue weighted by atomic mass is 19.3. The molecule has 3 aromatic rings. The number of benzene rings is 2. The molecule has 25 heavy (non-hydrogen) atoms. The predicted octanol–water partition coefficient (Wildman–Crippen LogP) is 4.45. The number of para-hydroxylation sites is 2. The van der Waals surface area contributed by atoms with E-state index in [9.17, 15) is 8.78 Å². The van der Waals surface area contributed by atoms with E-state index in [-0.39, 0.29) is 5.82 Å². The Morgan fingerprint density at radius 3 is 2.60 bits per heavy atom. The average molecular weight is 343 g/mol. The van der Waals surface area contributed by atoms with Crippen LogP contribution < -0.4 is 9.47 Å². The molecule has 0 aliphatic heterocycles. The van der Waals surface area contributed by atoms with Crippen molar-refractivity contribution in [3.8, 4) is 17.6 Å². The molecule has 0 bridgehead atoms. The van der Waals surface area contributed by atoms with Crippen molar-refractivity contribution in [3.05, 3.63) is 53.9 Å². The number of rotatable bonds is 5. The van der Waals surface area contributed by atoms with Crippen LogP contribution in [0.5, 0.6) is 11.5 Å². The quantitative estimate of drug-likeness (QED) is 0.687. The van der Waals surface area contributed by atoms with Crippen molar-refractivity contribution in [2.24, 2.45) is 0 Å². The van der Waals surface area contributed by atoms with E-state index in [1.807, 2.05) is 6.07 Å². The Labute approximate surface area is 143 Å². The van der Waals surface area contributed by atoms with Gasteiger partial charge in [-0.15, -0.1) is 0 Å². The van der Waals surface area contributed by atoms with Crippen molar-refractivity contribution in [2.75, 3.05) is 7.11 Å². The number of aromatic nitrogens is 2. The fourth-order valence-electron chi connectivity index (χ4n) is 2.63. The van der Waals surface area contributed by atoms with Gasteiger partial charge in [-0.1, -0.05) is 12.1 Å². The molecular weight excluding hydrogens is 328 g/mol. The molecule has 0 amide bonds. The van der Waals surface area contributed by atoms with Gasteiger partial charge in [0.05, 0.1) is 29.8 Å². The zero-order chi connectivity index (χ0) is 18.0. The van der Waals surface area contributed by atoms with Crippen LogP contribution in [0.2, 0.25) is 0 Å². The largest absolute Gasteiger partial charge is 0.493 e. The number of nitrogens with zero attached hydrogens (tertiary/aromatic N) is 3. The molecule has 0 saturated carbocycles. The summed E-state index contributed by atoms with van der Waals surface area (Å²) in [5, 5.41) is 8.94. The molecule has 0 aliphatic rings. The van der Waals surface area contributed by atoms with Crippen molar-refractivity contribution in [1.29, 1.82) is 5.26 Å². The first-order valence-electron chi connectivity index (χ1n) is 7.55. The number of nitriles is 1. The van der Waals surface area contributed by atoms with Gasteiger partial charge in [-0.3, -0.25) is 4.57 Å². The van der Waals surface area contributed by atoms with E-state index in [0.29, 0.717) is 28.1 Å². The van der Waals surface area contributed by atoms with Gasteiger partial charge in [0, 0.05) is 6.07 Å². The summed E-state index contributed by atoms with van der Waals surface area (Å²) in [6.07, 6.45) is -0.747. The zero-order valence-corrected chi connectivity index (χ0v) is 13.6. The van der Waals surface area contributed by atoms with Gasteiger partial charge >= 0.3 is 6.55 Å². The summed E-state index contributed by atoms with van der Waals surface area (Å²) in [6, 6.07) is 13.4. The Morgan fingerprint density at radius 2 is 1.92 bits per heavy atom. The fourth-order valence-corrected chi connectivity index (χ4v) is 2.63. The Morgan fingerprint density at radius 1 is 1.16 bits per heavy atom. The minimum absolute atomic E-state index is 0.114. The van der Waals surface area contributed by atoms with Crippen molar-refractivity contribution in [2.45, 2.75) is 19.6 Å². The lowest BCUT2D eigenvalue weighted by atomic mass is 10.2. The van der Waals surface area contributed by atoms with Crippen LogP contribution >= 0.6 is 0 Å². The number of methoxy groups -OCH3 is 1. The smallest absolute Gasteiger partial charge is 0.320 e. The monoisotopic (exact) mass is 343 g/mol. The minimum atomic E-state index is -2.74. The Hall–Kier alpha value is -3.14. The molecule has 1 atom stereocenters. The van der Waals surface area contributed by atoms with Crippen LogP contribution in [0.3, 0.4) is 0 Å². The number of fused-ring (bicyclic) bond motifs is 1. The number of alkyl halides is 2. The van der Waals surface area contributed by atoms with E-state index in [4.69, 9.17) is 14.7 Å². The summed E-state index contributed by atoms with van der Waals surface area (Å²) in [7, 11) is 1.45. The van der Waals surface area contributed by atoms with E-state index >= 15 is 0 Å². The van der Waals surface area contributed by atoms with Gasteiger partial charge in [-0.05, 0) is 31.2 Å². The predicted molar refractivity (Wildman–Crippen MR) is 87.7 cm³/mol. The first-order valence-corrected chi connectivity index (χ1v) is 7.55. The third-order valence-corrected chi connectivity index (χ3v) is 3.78. The zero-order valence-electron chi connectivity index (χ0n) is 13.6. The van der Waals surface area contributed by atoms with Crippen LogP contribution in [0.4, 0.5) is 8.78 Å². The molecule has 7 heteroatoms. The molecule has 2 aromatic carbocycles. The highest BCUT2D eigenvalue weighted by molar-refractivity contribution is 5.76. The number of imidazole rings is 1. The van der Waals surface area contributed by atoms with Gasteiger partial charge in [0.15, 0.2) is 23.4 Å². The Bertz CT molecular complexity index is 947. The number of hydrogen-bond acceptors (Lipinski definition) is 4. The van der Waals surface area contributed by atoms with E-state index < -0.39 is 12.7 Å².